The summed E-state index contributed by atoms with van der Waals surface area (Å²) in [5.41, 5.74) is 36.0. The molecule has 0 fully saturated rings. The molecule has 14 nitrogen and oxygen atoms in total. The van der Waals surface area contributed by atoms with Crippen molar-refractivity contribution in [3.63, 3.8) is 0 Å². The van der Waals surface area contributed by atoms with Crippen molar-refractivity contribution in [2.75, 3.05) is 0 Å². The van der Waals surface area contributed by atoms with Gasteiger partial charge < -0.3 is 35.9 Å². The summed E-state index contributed by atoms with van der Waals surface area (Å²) in [6.45, 7) is 4.73. The van der Waals surface area contributed by atoms with E-state index in [1.165, 1.54) is 76.6 Å². The zero-order valence-corrected chi connectivity index (χ0v) is 77.3. The molecule has 0 spiro atoms. The molecule has 0 N–H and O–H groups in total. The van der Waals surface area contributed by atoms with Crippen molar-refractivity contribution in [2.45, 2.75) is 19.3 Å². The molecule has 0 aliphatic heterocycles. The summed E-state index contributed by atoms with van der Waals surface area (Å²) >= 11 is 0. The highest BCUT2D eigenvalue weighted by molar-refractivity contribution is 6.28. The highest BCUT2D eigenvalue weighted by Crippen LogP contribution is 2.55. The molecule has 30 aromatic rings. The van der Waals surface area contributed by atoms with Crippen molar-refractivity contribution in [3.8, 4) is 102 Å². The second kappa shape index (κ2) is 32.0. The van der Waals surface area contributed by atoms with Gasteiger partial charge in [-0.3, -0.25) is 0 Å². The van der Waals surface area contributed by atoms with Crippen LogP contribution in [0.15, 0.2) is 467 Å². The molecule has 0 radical (unpaired) electrons. The second-order valence-corrected chi connectivity index (χ2v) is 37.3. The van der Waals surface area contributed by atoms with E-state index in [1.807, 2.05) is 121 Å². The fourth-order valence-electron chi connectivity index (χ4n) is 22.6. The van der Waals surface area contributed by atoms with Gasteiger partial charge >= 0.3 is 0 Å². The molecule has 19 aromatic carbocycles. The van der Waals surface area contributed by atoms with Crippen molar-refractivity contribution in [1.82, 2.24) is 48.2 Å². The molecule has 1 aliphatic rings. The fourth-order valence-corrected chi connectivity index (χ4v) is 22.6. The maximum absolute atomic E-state index is 6.50. The lowest BCUT2D eigenvalue weighted by molar-refractivity contribution is 0.666. The van der Waals surface area contributed by atoms with Crippen molar-refractivity contribution in [2.24, 2.45) is 0 Å². The van der Waals surface area contributed by atoms with Gasteiger partial charge in [-0.25, -0.2) is 29.9 Å². The first-order valence-corrected chi connectivity index (χ1v) is 48.3. The molecule has 0 amide bonds. The average Bonchev–Trinajstić information content (AvgIpc) is 1.53. The number of benzene rings is 19. The summed E-state index contributed by atoms with van der Waals surface area (Å²) in [5.74, 6) is 1.99. The maximum Gasteiger partial charge on any atom is 0.180 e. The van der Waals surface area contributed by atoms with Crippen LogP contribution < -0.4 is 0 Å². The summed E-state index contributed by atoms with van der Waals surface area (Å²) < 4.78 is 35.0. The van der Waals surface area contributed by atoms with E-state index >= 15 is 0 Å². The van der Waals surface area contributed by atoms with Gasteiger partial charge in [-0.2, -0.15) is 0 Å². The quantitative estimate of drug-likeness (QED) is 0.129. The standard InChI is InChI=1S/C46H28N4O.C43H29N3O.C40H23N3O2/c1-3-13-29(14-4-1)42-45-43(36-19-9-12-22-40(36)51-45)48-46(47-42)30-23-25-32(26-24-30)49-38-21-11-8-18-35(38)41-39(49)28-27-34-33-17-7-10-20-37(33)50(44(34)41)31-15-5-2-6-16-31;1-43(2)33-17-9-6-14-29(33)30-24-25-35-37(38(30)43)31-15-7-10-18-34(31)46(35)28-22-20-27(21-23-28)42-44-39(26-12-4-3-5-13-26)41-40(45-42)32-16-8-11-19-36(32)47-41;1-2-11-24(12-3-1)36-39-37(30-17-6-9-20-34(30)45-39)42-40(41-36)25-13-10-14-26(23-25)43-31-18-7-4-16-29(31)35-32(43)22-21-28-27-15-5-8-19-33(27)44-38(28)35/h1-28H;3-25H,1-2H3;1-23H. The van der Waals surface area contributed by atoms with Crippen LogP contribution in [-0.2, 0) is 5.41 Å². The van der Waals surface area contributed by atoms with Gasteiger partial charge in [-0.1, -0.05) is 299 Å². The Morgan fingerprint density at radius 1 is 0.203 bits per heavy atom. The lowest BCUT2D eigenvalue weighted by atomic mass is 9.80. The Labute approximate surface area is 816 Å². The van der Waals surface area contributed by atoms with Gasteiger partial charge in [0, 0.05) is 126 Å². The molecule has 0 bridgehead atoms. The van der Waals surface area contributed by atoms with E-state index in [9.17, 15) is 0 Å². The summed E-state index contributed by atoms with van der Waals surface area (Å²) in [4.78, 5) is 30.6. The van der Waals surface area contributed by atoms with Crippen LogP contribution in [0.4, 0.5) is 0 Å². The third-order valence-corrected chi connectivity index (χ3v) is 28.9. The van der Waals surface area contributed by atoms with Gasteiger partial charge in [0.1, 0.15) is 61.5 Å². The topological polar surface area (TPSA) is 150 Å². The summed E-state index contributed by atoms with van der Waals surface area (Å²) in [6, 6.07) is 157. The van der Waals surface area contributed by atoms with Crippen molar-refractivity contribution in [3.05, 3.63) is 460 Å². The summed E-state index contributed by atoms with van der Waals surface area (Å²) in [7, 11) is 0. The maximum atomic E-state index is 6.50. The van der Waals surface area contributed by atoms with E-state index in [0.717, 1.165) is 177 Å². The smallest absolute Gasteiger partial charge is 0.180 e. The van der Waals surface area contributed by atoms with E-state index < -0.39 is 0 Å². The van der Waals surface area contributed by atoms with Gasteiger partial charge in [0.2, 0.25) is 0 Å². The predicted molar refractivity (Wildman–Crippen MR) is 583 cm³/mol. The fraction of sp³-hybridized carbons (Fsp3) is 0.0233. The Balaban J connectivity index is 0.000000102. The zero-order chi connectivity index (χ0) is 94.2. The van der Waals surface area contributed by atoms with Crippen LogP contribution in [0.2, 0.25) is 0 Å². The zero-order valence-electron chi connectivity index (χ0n) is 77.3. The van der Waals surface area contributed by atoms with Gasteiger partial charge in [0.15, 0.2) is 34.2 Å². The van der Waals surface area contributed by atoms with Crippen LogP contribution in [0, 0.1) is 0 Å². The van der Waals surface area contributed by atoms with Gasteiger partial charge in [0.05, 0.1) is 49.5 Å². The van der Waals surface area contributed by atoms with Crippen LogP contribution in [-0.4, -0.2) is 48.2 Å². The van der Waals surface area contributed by atoms with Crippen molar-refractivity contribution < 1.29 is 17.7 Å². The molecular weight excluding hydrogens is 1750 g/mol. The van der Waals surface area contributed by atoms with E-state index in [0.29, 0.717) is 34.2 Å². The first-order valence-electron chi connectivity index (χ1n) is 48.3. The number of hydrogen-bond acceptors (Lipinski definition) is 10. The van der Waals surface area contributed by atoms with E-state index in [1.54, 1.807) is 0 Å². The van der Waals surface area contributed by atoms with Crippen LogP contribution in [0.5, 0.6) is 0 Å². The third-order valence-electron chi connectivity index (χ3n) is 28.9. The van der Waals surface area contributed by atoms with Crippen LogP contribution in [0.25, 0.3) is 277 Å². The molecule has 31 rings (SSSR count). The molecule has 143 heavy (non-hydrogen) atoms. The average molecular weight is 1830 g/mol. The molecule has 14 heteroatoms. The van der Waals surface area contributed by atoms with E-state index in [2.05, 4.69) is 360 Å². The van der Waals surface area contributed by atoms with Crippen LogP contribution >= 0.6 is 0 Å². The molecule has 0 saturated heterocycles. The SMILES string of the molecule is CC1(C)c2ccccc2-c2ccc3c(c21)c1ccccc1n3-c1ccc(-c2nc(-c3ccccc3)c3oc4ccccc4c3n2)cc1.c1ccc(-c2nc(-c3ccc(-n4c5ccccc5c5c4ccc4c6ccccc6n(-c6ccccc6)c45)cc3)nc3c2oc2ccccc23)cc1.c1ccc(-c2nc(-c3cccc(-n4c5ccccc5c5c6oc7ccccc7c6ccc54)c3)nc3c2oc2ccccc23)cc1. The first kappa shape index (κ1) is 81.0. The molecule has 1 aliphatic carbocycles. The van der Waals surface area contributed by atoms with Gasteiger partial charge in [-0.05, 0) is 186 Å². The lowest BCUT2D eigenvalue weighted by Gasteiger charge is -2.22. The number of aromatic nitrogens is 10. The normalized spacial score (nSPS) is 12.5. The number of hydrogen-bond donors (Lipinski definition) is 0. The van der Waals surface area contributed by atoms with Crippen LogP contribution in [0.3, 0.4) is 0 Å². The third kappa shape index (κ3) is 12.6. The summed E-state index contributed by atoms with van der Waals surface area (Å²) in [5, 5.41) is 15.0. The predicted octanol–water partition coefficient (Wildman–Crippen LogP) is 33.7. The number of nitrogens with zero attached hydrogens (tertiary/aromatic N) is 10. The molecule has 0 unspecified atom stereocenters. The van der Waals surface area contributed by atoms with Gasteiger partial charge in [-0.15, -0.1) is 0 Å². The molecule has 11 aromatic heterocycles. The molecule has 0 saturated carbocycles. The Morgan fingerprint density at radius 2 is 0.545 bits per heavy atom. The Kier molecular flexibility index (Phi) is 18.1. The molecule has 11 heterocycles. The number of rotatable bonds is 10. The highest BCUT2D eigenvalue weighted by atomic mass is 16.3. The Bertz CT molecular complexity index is 10500. The minimum Gasteiger partial charge on any atom is -0.455 e. The largest absolute Gasteiger partial charge is 0.455 e. The molecule has 0 atom stereocenters. The lowest BCUT2D eigenvalue weighted by Crippen LogP contribution is -2.15. The Hall–Kier alpha value is -19.2. The number of para-hydroxylation sites is 9. The monoisotopic (exact) mass is 1830 g/mol. The second-order valence-electron chi connectivity index (χ2n) is 37.3. The van der Waals surface area contributed by atoms with Gasteiger partial charge in [0.25, 0.3) is 0 Å². The first-order chi connectivity index (χ1) is 70.7. The highest BCUT2D eigenvalue weighted by Gasteiger charge is 2.39. The van der Waals surface area contributed by atoms with Crippen molar-refractivity contribution >= 4 is 175 Å². The minimum absolute atomic E-state index is 0.103. The van der Waals surface area contributed by atoms with E-state index in [-0.39, 0.29) is 5.41 Å². The number of fused-ring (bicyclic) bond motifs is 30. The Morgan fingerprint density at radius 3 is 1.05 bits per heavy atom. The summed E-state index contributed by atoms with van der Waals surface area (Å²) in [6.07, 6.45) is 0. The van der Waals surface area contributed by atoms with Crippen LogP contribution in [0.1, 0.15) is 25.0 Å². The van der Waals surface area contributed by atoms with E-state index in [4.69, 9.17) is 47.6 Å². The van der Waals surface area contributed by atoms with Crippen molar-refractivity contribution in [1.29, 1.82) is 0 Å². The molecular formula is C129H80N10O4. The molecule has 670 valence electrons. The number of furan rings is 4. The minimum atomic E-state index is -0.103.